The van der Waals surface area contributed by atoms with Crippen molar-refractivity contribution in [2.45, 2.75) is 31.8 Å². The van der Waals surface area contributed by atoms with Crippen LogP contribution in [-0.2, 0) is 10.2 Å². The minimum atomic E-state index is -0.787. The monoisotopic (exact) mass is 351 g/mol. The Labute approximate surface area is 154 Å². The molecule has 1 aromatic carbocycles. The average Bonchev–Trinajstić information content (AvgIpc) is 2.98. The molecule has 0 aromatic heterocycles. The van der Waals surface area contributed by atoms with Gasteiger partial charge in [-0.25, -0.2) is 0 Å². The van der Waals surface area contributed by atoms with E-state index in [2.05, 4.69) is 53.8 Å². The van der Waals surface area contributed by atoms with Crippen molar-refractivity contribution in [3.8, 4) is 0 Å². The molecule has 1 unspecified atom stereocenters. The first-order chi connectivity index (χ1) is 12.5. The van der Waals surface area contributed by atoms with Crippen molar-refractivity contribution < 1.29 is 4.79 Å². The van der Waals surface area contributed by atoms with E-state index < -0.39 is 11.1 Å². The summed E-state index contributed by atoms with van der Waals surface area (Å²) in [6, 6.07) is 9.84. The highest BCUT2D eigenvalue weighted by Crippen LogP contribution is 2.44. The molecular formula is C20H25N5O. The summed E-state index contributed by atoms with van der Waals surface area (Å²) in [5.74, 6) is -0.216. The fourth-order valence-corrected chi connectivity index (χ4v) is 3.80. The van der Waals surface area contributed by atoms with Crippen LogP contribution >= 0.6 is 0 Å². The molecule has 1 atom stereocenters. The number of hydrogen-bond donors (Lipinski definition) is 3. The highest BCUT2D eigenvalue weighted by atomic mass is 16.2. The summed E-state index contributed by atoms with van der Waals surface area (Å²) in [5, 5.41) is 14.5. The maximum Gasteiger partial charge on any atom is 0.296 e. The number of carbonyl (C=O) groups excluding carboxylic acids is 1. The molecule has 1 amide bonds. The molecule has 26 heavy (non-hydrogen) atoms. The van der Waals surface area contributed by atoms with E-state index >= 15 is 0 Å². The van der Waals surface area contributed by atoms with E-state index in [0.717, 1.165) is 24.2 Å². The first-order valence-corrected chi connectivity index (χ1v) is 8.91. The summed E-state index contributed by atoms with van der Waals surface area (Å²) in [6.07, 6.45) is 6.19. The van der Waals surface area contributed by atoms with Gasteiger partial charge >= 0.3 is 0 Å². The van der Waals surface area contributed by atoms with Gasteiger partial charge in [0, 0.05) is 0 Å². The third kappa shape index (κ3) is 2.81. The van der Waals surface area contributed by atoms with Gasteiger partial charge in [0.2, 0.25) is 0 Å². The van der Waals surface area contributed by atoms with Crippen LogP contribution in [0.15, 0.2) is 75.8 Å². The number of benzene rings is 1. The van der Waals surface area contributed by atoms with Crippen molar-refractivity contribution in [3.63, 3.8) is 0 Å². The Morgan fingerprint density at radius 1 is 1.04 bits per heavy atom. The largest absolute Gasteiger partial charge is 0.382 e. The van der Waals surface area contributed by atoms with Crippen LogP contribution in [0, 0.1) is 0 Å². The number of carbonyl (C=O) groups is 1. The Balaban J connectivity index is 2.20. The smallest absolute Gasteiger partial charge is 0.296 e. The summed E-state index contributed by atoms with van der Waals surface area (Å²) in [4.78, 5) is 12.5. The predicted octanol–water partition coefficient (Wildman–Crippen LogP) is 2.52. The van der Waals surface area contributed by atoms with Gasteiger partial charge in [0.05, 0.1) is 11.0 Å². The normalized spacial score (nSPS) is 24.3. The lowest BCUT2D eigenvalue weighted by atomic mass is 9.68. The summed E-state index contributed by atoms with van der Waals surface area (Å²) < 4.78 is 0. The Hall–Kier alpha value is -2.57. The molecule has 0 saturated carbocycles. The molecular weight excluding hydrogens is 326 g/mol. The quantitative estimate of drug-likeness (QED) is 0.542. The van der Waals surface area contributed by atoms with Gasteiger partial charge in [-0.3, -0.25) is 15.4 Å². The molecule has 136 valence electrons. The maximum absolute atomic E-state index is 12.5. The summed E-state index contributed by atoms with van der Waals surface area (Å²) in [5.41, 5.74) is 7.24. The number of nitrogens with two attached hydrogens (primary N) is 1. The predicted molar refractivity (Wildman–Crippen MR) is 102 cm³/mol. The molecule has 1 aliphatic heterocycles. The fourth-order valence-electron chi connectivity index (χ4n) is 3.80. The summed E-state index contributed by atoms with van der Waals surface area (Å²) in [6.45, 7) is 7.79. The molecule has 1 aromatic rings. The molecule has 0 bridgehead atoms. The highest BCUT2D eigenvalue weighted by Gasteiger charge is 2.45. The first-order valence-electron chi connectivity index (χ1n) is 8.91. The van der Waals surface area contributed by atoms with Crippen LogP contribution < -0.4 is 16.4 Å². The molecule has 6 heteroatoms. The Morgan fingerprint density at radius 3 is 2.19 bits per heavy atom. The molecule has 0 radical (unpaired) electrons. The molecule has 2 aliphatic rings. The Kier molecular flexibility index (Phi) is 4.89. The molecule has 6 nitrogen and oxygen atoms in total. The fraction of sp³-hybridized carbons (Fsp3) is 0.350. The van der Waals surface area contributed by atoms with Crippen LogP contribution in [-0.4, -0.2) is 24.7 Å². The van der Waals surface area contributed by atoms with Crippen LogP contribution in [0.25, 0.3) is 0 Å². The van der Waals surface area contributed by atoms with Crippen LogP contribution in [0.3, 0.4) is 0 Å². The molecule has 1 aliphatic carbocycles. The third-order valence-corrected chi connectivity index (χ3v) is 4.96. The maximum atomic E-state index is 12.5. The van der Waals surface area contributed by atoms with E-state index in [1.165, 1.54) is 0 Å². The zero-order valence-electron chi connectivity index (χ0n) is 15.4. The number of nitrogens with zero attached hydrogens (tertiary/aromatic N) is 2. The lowest BCUT2D eigenvalue weighted by Gasteiger charge is -2.41. The van der Waals surface area contributed by atoms with E-state index in [1.807, 2.05) is 36.4 Å². The number of allylic oxidation sites excluding steroid dienone is 2. The van der Waals surface area contributed by atoms with Gasteiger partial charge in [0.1, 0.15) is 5.66 Å². The number of likely N-dealkylation sites (N-methyl/N-ethyl adjacent to an activating group) is 2. The number of rotatable bonds is 6. The van der Waals surface area contributed by atoms with Crippen molar-refractivity contribution >= 4 is 5.91 Å². The molecule has 0 fully saturated rings. The van der Waals surface area contributed by atoms with Crippen molar-refractivity contribution in [1.29, 1.82) is 0 Å². The number of azo groups is 1. The van der Waals surface area contributed by atoms with Crippen LogP contribution in [0.2, 0.25) is 0 Å². The van der Waals surface area contributed by atoms with Gasteiger partial charge in [-0.1, -0.05) is 56.3 Å². The van der Waals surface area contributed by atoms with Gasteiger partial charge in [-0.15, -0.1) is 10.2 Å². The zero-order chi connectivity index (χ0) is 18.8. The van der Waals surface area contributed by atoms with Gasteiger partial charge in [-0.2, -0.15) is 0 Å². The van der Waals surface area contributed by atoms with Crippen molar-refractivity contribution in [1.82, 2.24) is 10.6 Å². The molecule has 0 saturated heterocycles. The van der Waals surface area contributed by atoms with Crippen molar-refractivity contribution in [2.24, 2.45) is 16.0 Å². The third-order valence-electron chi connectivity index (χ3n) is 4.96. The second-order valence-corrected chi connectivity index (χ2v) is 6.53. The van der Waals surface area contributed by atoms with Gasteiger partial charge in [0.15, 0.2) is 5.82 Å². The minimum Gasteiger partial charge on any atom is -0.382 e. The van der Waals surface area contributed by atoms with E-state index in [1.54, 1.807) is 0 Å². The molecule has 3 rings (SSSR count). The van der Waals surface area contributed by atoms with Gasteiger partial charge < -0.3 is 5.73 Å². The van der Waals surface area contributed by atoms with E-state index in [-0.39, 0.29) is 11.7 Å². The standard InChI is InChI=1S/C20H25N5O/c1-4-22-20(23-5-2)12-11-19(13-14(20)3,15-9-7-6-8-10-15)16-17(21)24-25-18(16)26/h6-13,22-23H,4-5,21H2,1-3H3. The van der Waals surface area contributed by atoms with Crippen molar-refractivity contribution in [2.75, 3.05) is 13.1 Å². The first kappa shape index (κ1) is 18.2. The van der Waals surface area contributed by atoms with E-state index in [9.17, 15) is 4.79 Å². The Bertz CT molecular complexity index is 816. The molecule has 1 heterocycles. The second-order valence-electron chi connectivity index (χ2n) is 6.53. The lowest BCUT2D eigenvalue weighted by Crippen LogP contribution is -2.58. The van der Waals surface area contributed by atoms with Crippen molar-refractivity contribution in [3.05, 3.63) is 71.1 Å². The topological polar surface area (TPSA) is 91.9 Å². The average molecular weight is 351 g/mol. The van der Waals surface area contributed by atoms with Crippen LogP contribution in [0.5, 0.6) is 0 Å². The second kappa shape index (κ2) is 6.97. The summed E-state index contributed by atoms with van der Waals surface area (Å²) in [7, 11) is 0. The van der Waals surface area contributed by atoms with Crippen LogP contribution in [0.4, 0.5) is 0 Å². The van der Waals surface area contributed by atoms with E-state index in [0.29, 0.717) is 5.57 Å². The molecule has 4 N–H and O–H groups in total. The Morgan fingerprint density at radius 2 is 1.69 bits per heavy atom. The SMILES string of the molecule is CCNC1(NCC)C=CC(C2=C(N)N=NC2=O)(c2ccccc2)C=C1C. The van der Waals surface area contributed by atoms with Gasteiger partial charge in [0.25, 0.3) is 5.91 Å². The van der Waals surface area contributed by atoms with Gasteiger partial charge in [-0.05, 0) is 37.2 Å². The minimum absolute atomic E-state index is 0.173. The number of amides is 1. The molecule has 0 spiro atoms. The highest BCUT2D eigenvalue weighted by molar-refractivity contribution is 6.00. The number of nitrogens with one attached hydrogen (secondary N) is 2. The van der Waals surface area contributed by atoms with E-state index in [4.69, 9.17) is 5.73 Å². The summed E-state index contributed by atoms with van der Waals surface area (Å²) >= 11 is 0. The van der Waals surface area contributed by atoms with Crippen LogP contribution in [0.1, 0.15) is 26.3 Å². The lowest BCUT2D eigenvalue weighted by molar-refractivity contribution is -0.114. The zero-order valence-corrected chi connectivity index (χ0v) is 15.4. The number of hydrogen-bond acceptors (Lipinski definition) is 5.